The van der Waals surface area contributed by atoms with E-state index in [4.69, 9.17) is 27.9 Å². The maximum absolute atomic E-state index is 13.3. The monoisotopic (exact) mass is 344 g/mol. The predicted octanol–water partition coefficient (Wildman–Crippen LogP) is 5.12. The number of benzene rings is 2. The number of ether oxygens (including phenoxy) is 1. The predicted molar refractivity (Wildman–Crippen MR) is 84.5 cm³/mol. The van der Waals surface area contributed by atoms with Crippen molar-refractivity contribution in [3.63, 3.8) is 0 Å². The lowest BCUT2D eigenvalue weighted by Crippen LogP contribution is -2.05. The van der Waals surface area contributed by atoms with Crippen molar-refractivity contribution in [3.05, 3.63) is 57.8 Å². The van der Waals surface area contributed by atoms with Crippen molar-refractivity contribution >= 4 is 40.7 Å². The molecule has 0 radical (unpaired) electrons. The molecule has 0 saturated carbocycles. The van der Waals surface area contributed by atoms with Crippen LogP contribution in [-0.4, -0.2) is 18.6 Å². The molecule has 0 heterocycles. The third-order valence-electron chi connectivity index (χ3n) is 2.71. The Bertz CT molecular complexity index is 677. The third-order valence-corrected chi connectivity index (χ3v) is 4.45. The molecule has 0 aliphatic rings. The average Bonchev–Trinajstić information content (AvgIpc) is 2.47. The van der Waals surface area contributed by atoms with Gasteiger partial charge in [-0.05, 0) is 36.4 Å². The van der Waals surface area contributed by atoms with E-state index < -0.39 is 5.82 Å². The van der Waals surface area contributed by atoms with Crippen molar-refractivity contribution in [3.8, 4) is 5.75 Å². The molecular formula is C15H11Cl2FO2S. The van der Waals surface area contributed by atoms with Gasteiger partial charge in [0.2, 0.25) is 0 Å². The smallest absolute Gasteiger partial charge is 0.176 e. The Morgan fingerprint density at radius 2 is 2.00 bits per heavy atom. The van der Waals surface area contributed by atoms with Crippen LogP contribution < -0.4 is 4.74 Å². The van der Waals surface area contributed by atoms with Crippen molar-refractivity contribution in [1.29, 1.82) is 0 Å². The first kappa shape index (κ1) is 16.1. The largest absolute Gasteiger partial charge is 0.496 e. The number of hydrogen-bond donors (Lipinski definition) is 0. The maximum atomic E-state index is 13.3. The first-order chi connectivity index (χ1) is 10.0. The van der Waals surface area contributed by atoms with Gasteiger partial charge in [0.15, 0.2) is 5.78 Å². The Hall–Kier alpha value is -1.23. The summed E-state index contributed by atoms with van der Waals surface area (Å²) in [5, 5.41) is 1.06. The van der Waals surface area contributed by atoms with Crippen LogP contribution in [-0.2, 0) is 0 Å². The lowest BCUT2D eigenvalue weighted by molar-refractivity contribution is 0.101. The van der Waals surface area contributed by atoms with Gasteiger partial charge in [-0.3, -0.25) is 4.79 Å². The van der Waals surface area contributed by atoms with Gasteiger partial charge in [-0.2, -0.15) is 0 Å². The van der Waals surface area contributed by atoms with Crippen LogP contribution in [0.5, 0.6) is 5.75 Å². The standard InChI is InChI=1S/C15H11Cl2FO2S/c1-20-14-5-3-10(18)7-11(14)13(19)8-21-15-6-9(16)2-4-12(15)17/h2-7H,8H2,1H3. The Morgan fingerprint density at radius 1 is 1.24 bits per heavy atom. The molecule has 0 fully saturated rings. The fraction of sp³-hybridized carbons (Fsp3) is 0.133. The molecule has 2 nitrogen and oxygen atoms in total. The number of hydrogen-bond acceptors (Lipinski definition) is 3. The summed E-state index contributed by atoms with van der Waals surface area (Å²) in [6.07, 6.45) is 0. The lowest BCUT2D eigenvalue weighted by atomic mass is 10.1. The van der Waals surface area contributed by atoms with Crippen LogP contribution in [0.3, 0.4) is 0 Å². The molecule has 0 bridgehead atoms. The molecule has 0 saturated heterocycles. The van der Waals surface area contributed by atoms with Gasteiger partial charge in [0, 0.05) is 9.92 Å². The van der Waals surface area contributed by atoms with E-state index in [1.807, 2.05) is 0 Å². The van der Waals surface area contributed by atoms with E-state index in [1.54, 1.807) is 18.2 Å². The Balaban J connectivity index is 2.15. The number of Topliss-reactive ketones (excluding diaryl/α,β-unsaturated/α-hetero) is 1. The molecule has 0 aliphatic heterocycles. The Kier molecular flexibility index (Phi) is 5.51. The number of halogens is 3. The zero-order chi connectivity index (χ0) is 15.4. The normalized spacial score (nSPS) is 10.5. The highest BCUT2D eigenvalue weighted by Gasteiger charge is 2.14. The number of rotatable bonds is 5. The number of carbonyl (C=O) groups is 1. The van der Waals surface area contributed by atoms with E-state index >= 15 is 0 Å². The molecule has 0 N–H and O–H groups in total. The molecule has 0 spiro atoms. The van der Waals surface area contributed by atoms with Crippen molar-refractivity contribution < 1.29 is 13.9 Å². The van der Waals surface area contributed by atoms with Gasteiger partial charge in [0.25, 0.3) is 0 Å². The molecule has 0 unspecified atom stereocenters. The molecule has 6 heteroatoms. The van der Waals surface area contributed by atoms with E-state index in [0.717, 1.165) is 0 Å². The summed E-state index contributed by atoms with van der Waals surface area (Å²) in [5.41, 5.74) is 0.211. The van der Waals surface area contributed by atoms with Gasteiger partial charge in [-0.15, -0.1) is 11.8 Å². The molecule has 0 aromatic heterocycles. The molecule has 2 aromatic carbocycles. The van der Waals surface area contributed by atoms with E-state index in [-0.39, 0.29) is 17.1 Å². The minimum Gasteiger partial charge on any atom is -0.496 e. The Labute approximate surface area is 136 Å². The molecule has 0 atom stereocenters. The van der Waals surface area contributed by atoms with Crippen molar-refractivity contribution in [2.45, 2.75) is 4.90 Å². The third kappa shape index (κ3) is 4.13. The first-order valence-electron chi connectivity index (χ1n) is 5.96. The van der Waals surface area contributed by atoms with Crippen molar-refractivity contribution in [2.24, 2.45) is 0 Å². The van der Waals surface area contributed by atoms with E-state index in [9.17, 15) is 9.18 Å². The van der Waals surface area contributed by atoms with Crippen LogP contribution in [0.2, 0.25) is 10.0 Å². The zero-order valence-electron chi connectivity index (χ0n) is 11.0. The van der Waals surface area contributed by atoms with Crippen LogP contribution in [0, 0.1) is 5.82 Å². The summed E-state index contributed by atoms with van der Waals surface area (Å²) in [5.74, 6) is -0.267. The summed E-state index contributed by atoms with van der Waals surface area (Å²) in [6, 6.07) is 8.87. The van der Waals surface area contributed by atoms with Crippen LogP contribution in [0.15, 0.2) is 41.3 Å². The molecule has 2 aromatic rings. The minimum atomic E-state index is -0.482. The fourth-order valence-electron chi connectivity index (χ4n) is 1.71. The zero-order valence-corrected chi connectivity index (χ0v) is 13.4. The second-order valence-electron chi connectivity index (χ2n) is 4.13. The minimum absolute atomic E-state index is 0.111. The van der Waals surface area contributed by atoms with Gasteiger partial charge >= 0.3 is 0 Å². The number of ketones is 1. The number of carbonyl (C=O) groups excluding carboxylic acids is 1. The summed E-state index contributed by atoms with van der Waals surface area (Å²) in [6.45, 7) is 0. The topological polar surface area (TPSA) is 26.3 Å². The van der Waals surface area contributed by atoms with Gasteiger partial charge in [-0.25, -0.2) is 4.39 Å². The highest BCUT2D eigenvalue weighted by Crippen LogP contribution is 2.31. The summed E-state index contributed by atoms with van der Waals surface area (Å²) in [7, 11) is 1.44. The molecule has 0 aliphatic carbocycles. The Morgan fingerprint density at radius 3 is 2.71 bits per heavy atom. The SMILES string of the molecule is COc1ccc(F)cc1C(=O)CSc1cc(Cl)ccc1Cl. The van der Waals surface area contributed by atoms with E-state index in [2.05, 4.69) is 0 Å². The van der Waals surface area contributed by atoms with Crippen molar-refractivity contribution in [1.82, 2.24) is 0 Å². The van der Waals surface area contributed by atoms with Gasteiger partial charge in [-0.1, -0.05) is 23.2 Å². The van der Waals surface area contributed by atoms with E-state index in [1.165, 1.54) is 37.1 Å². The van der Waals surface area contributed by atoms with Crippen LogP contribution in [0.4, 0.5) is 4.39 Å². The summed E-state index contributed by atoms with van der Waals surface area (Å²) < 4.78 is 18.3. The van der Waals surface area contributed by atoms with Gasteiger partial charge < -0.3 is 4.74 Å². The van der Waals surface area contributed by atoms with Crippen LogP contribution >= 0.6 is 35.0 Å². The maximum Gasteiger partial charge on any atom is 0.176 e. The van der Waals surface area contributed by atoms with Crippen molar-refractivity contribution in [2.75, 3.05) is 12.9 Å². The molecular weight excluding hydrogens is 334 g/mol. The molecule has 2 rings (SSSR count). The molecule has 0 amide bonds. The summed E-state index contributed by atoms with van der Waals surface area (Å²) >= 11 is 13.2. The van der Waals surface area contributed by atoms with Gasteiger partial charge in [0.1, 0.15) is 11.6 Å². The quantitative estimate of drug-likeness (QED) is 0.556. The first-order valence-corrected chi connectivity index (χ1v) is 7.70. The van der Waals surface area contributed by atoms with Crippen LogP contribution in [0.25, 0.3) is 0 Å². The lowest BCUT2D eigenvalue weighted by Gasteiger charge is -2.08. The number of thioether (sulfide) groups is 1. The van der Waals surface area contributed by atoms with Crippen LogP contribution in [0.1, 0.15) is 10.4 Å². The highest BCUT2D eigenvalue weighted by atomic mass is 35.5. The molecule has 110 valence electrons. The van der Waals surface area contributed by atoms with E-state index in [0.29, 0.717) is 20.7 Å². The second kappa shape index (κ2) is 7.16. The molecule has 21 heavy (non-hydrogen) atoms. The van der Waals surface area contributed by atoms with Gasteiger partial charge in [0.05, 0.1) is 23.4 Å². The fourth-order valence-corrected chi connectivity index (χ4v) is 3.08. The highest BCUT2D eigenvalue weighted by molar-refractivity contribution is 8.00. The summed E-state index contributed by atoms with van der Waals surface area (Å²) in [4.78, 5) is 12.9. The number of methoxy groups -OCH3 is 1. The average molecular weight is 345 g/mol. The second-order valence-corrected chi connectivity index (χ2v) is 5.99.